The quantitative estimate of drug-likeness (QED) is 0.855. The number of hydrogen-bond acceptors (Lipinski definition) is 7. The molecule has 1 aliphatic heterocycles. The molecule has 6 nitrogen and oxygen atoms in total. The Morgan fingerprint density at radius 2 is 2.30 bits per heavy atom. The van der Waals surface area contributed by atoms with E-state index in [0.717, 1.165) is 35.2 Å². The van der Waals surface area contributed by atoms with Crippen LogP contribution in [0.3, 0.4) is 0 Å². The first-order valence-corrected chi connectivity index (χ1v) is 8.83. The molecule has 0 radical (unpaired) electrons. The monoisotopic (exact) mass is 332 g/mol. The summed E-state index contributed by atoms with van der Waals surface area (Å²) in [5, 5.41) is 10.5. The standard InChI is InChI=1S/C16H20N4O2S/c1-11-18-19-16(23-11)20-8-9-21-15-13(20)5-6-14(15)22-10-12-4-2-3-7-17-12/h2-4,7,13-15H,5-6,8-10H2,1H3/t13-,14-,15+/m0/s1. The maximum absolute atomic E-state index is 6.10. The van der Waals surface area contributed by atoms with Crippen LogP contribution in [0.4, 0.5) is 5.13 Å². The van der Waals surface area contributed by atoms with Crippen LogP contribution in [0.1, 0.15) is 23.5 Å². The topological polar surface area (TPSA) is 60.4 Å². The molecule has 0 spiro atoms. The molecule has 3 heterocycles. The molecule has 23 heavy (non-hydrogen) atoms. The fraction of sp³-hybridized carbons (Fsp3) is 0.562. The molecule has 0 amide bonds. The Morgan fingerprint density at radius 1 is 1.35 bits per heavy atom. The molecule has 1 saturated heterocycles. The van der Waals surface area contributed by atoms with Gasteiger partial charge in [-0.15, -0.1) is 10.2 Å². The molecule has 0 unspecified atom stereocenters. The summed E-state index contributed by atoms with van der Waals surface area (Å²) in [6.45, 7) is 4.12. The van der Waals surface area contributed by atoms with Gasteiger partial charge in [-0.25, -0.2) is 0 Å². The molecule has 3 atom stereocenters. The van der Waals surface area contributed by atoms with Crippen molar-refractivity contribution in [3.63, 3.8) is 0 Å². The van der Waals surface area contributed by atoms with Crippen LogP contribution in [0.25, 0.3) is 0 Å². The minimum atomic E-state index is 0.108. The second-order valence-corrected chi connectivity index (χ2v) is 7.11. The molecule has 2 aliphatic rings. The smallest absolute Gasteiger partial charge is 0.208 e. The van der Waals surface area contributed by atoms with Crippen molar-refractivity contribution in [1.82, 2.24) is 15.2 Å². The van der Waals surface area contributed by atoms with Crippen molar-refractivity contribution in [2.45, 2.75) is 44.6 Å². The van der Waals surface area contributed by atoms with Crippen LogP contribution in [0.5, 0.6) is 0 Å². The SMILES string of the molecule is Cc1nnc(N2CCO[C@H]3[C@@H](OCc4ccccn4)CC[C@@H]32)s1. The van der Waals surface area contributed by atoms with Gasteiger partial charge in [-0.2, -0.15) is 0 Å². The van der Waals surface area contributed by atoms with Gasteiger partial charge < -0.3 is 14.4 Å². The zero-order valence-electron chi connectivity index (χ0n) is 13.1. The molecule has 7 heteroatoms. The van der Waals surface area contributed by atoms with E-state index in [2.05, 4.69) is 20.1 Å². The minimum absolute atomic E-state index is 0.108. The molecule has 0 aromatic carbocycles. The van der Waals surface area contributed by atoms with Crippen molar-refractivity contribution in [2.24, 2.45) is 0 Å². The van der Waals surface area contributed by atoms with Crippen molar-refractivity contribution in [3.05, 3.63) is 35.1 Å². The summed E-state index contributed by atoms with van der Waals surface area (Å²) < 4.78 is 12.1. The number of morpholine rings is 1. The van der Waals surface area contributed by atoms with E-state index >= 15 is 0 Å². The number of pyridine rings is 1. The van der Waals surface area contributed by atoms with E-state index in [1.54, 1.807) is 17.5 Å². The normalized spacial score (nSPS) is 27.2. The number of rotatable bonds is 4. The number of aryl methyl sites for hydroxylation is 1. The Bertz CT molecular complexity index is 651. The number of anilines is 1. The predicted molar refractivity (Wildman–Crippen MR) is 87.6 cm³/mol. The van der Waals surface area contributed by atoms with E-state index in [1.165, 1.54) is 0 Å². The molecule has 2 aromatic heterocycles. The largest absolute Gasteiger partial charge is 0.372 e. The van der Waals surface area contributed by atoms with E-state index in [4.69, 9.17) is 9.47 Å². The molecular weight excluding hydrogens is 312 g/mol. The lowest BCUT2D eigenvalue weighted by atomic mass is 10.1. The second-order valence-electron chi connectivity index (χ2n) is 5.95. The first-order chi connectivity index (χ1) is 11.3. The maximum atomic E-state index is 6.10. The number of ether oxygens (including phenoxy) is 2. The zero-order chi connectivity index (χ0) is 15.6. The summed E-state index contributed by atoms with van der Waals surface area (Å²) in [4.78, 5) is 6.67. The molecule has 1 aliphatic carbocycles. The van der Waals surface area contributed by atoms with Crippen LogP contribution >= 0.6 is 11.3 Å². The molecule has 2 aromatic rings. The fourth-order valence-corrected chi connectivity index (χ4v) is 4.18. The van der Waals surface area contributed by atoms with Crippen LogP contribution in [0, 0.1) is 6.92 Å². The molecule has 4 rings (SSSR count). The number of fused-ring (bicyclic) bond motifs is 1. The van der Waals surface area contributed by atoms with Crippen LogP contribution < -0.4 is 4.90 Å². The van der Waals surface area contributed by atoms with Gasteiger partial charge in [-0.3, -0.25) is 4.98 Å². The van der Waals surface area contributed by atoms with Gasteiger partial charge in [0.15, 0.2) is 0 Å². The van der Waals surface area contributed by atoms with E-state index in [9.17, 15) is 0 Å². The van der Waals surface area contributed by atoms with Gasteiger partial charge in [0.2, 0.25) is 5.13 Å². The molecule has 0 N–H and O–H groups in total. The molecule has 1 saturated carbocycles. The first-order valence-electron chi connectivity index (χ1n) is 8.01. The zero-order valence-corrected chi connectivity index (χ0v) is 13.9. The number of hydrogen-bond donors (Lipinski definition) is 0. The van der Waals surface area contributed by atoms with Crippen molar-refractivity contribution < 1.29 is 9.47 Å². The van der Waals surface area contributed by atoms with Crippen molar-refractivity contribution in [1.29, 1.82) is 0 Å². The summed E-state index contributed by atoms with van der Waals surface area (Å²) >= 11 is 1.65. The number of aromatic nitrogens is 3. The lowest BCUT2D eigenvalue weighted by Crippen LogP contribution is -2.51. The Kier molecular flexibility index (Phi) is 4.24. The van der Waals surface area contributed by atoms with E-state index in [1.807, 2.05) is 25.1 Å². The van der Waals surface area contributed by atoms with Crippen LogP contribution in [0.2, 0.25) is 0 Å². The highest BCUT2D eigenvalue weighted by atomic mass is 32.1. The average Bonchev–Trinajstić information content (AvgIpc) is 3.20. The van der Waals surface area contributed by atoms with Gasteiger partial charge in [-0.1, -0.05) is 17.4 Å². The Labute approximate surface area is 139 Å². The summed E-state index contributed by atoms with van der Waals surface area (Å²) in [5.41, 5.74) is 0.961. The van der Waals surface area contributed by atoms with E-state index < -0.39 is 0 Å². The summed E-state index contributed by atoms with van der Waals surface area (Å²) in [7, 11) is 0. The lowest BCUT2D eigenvalue weighted by molar-refractivity contribution is -0.0776. The summed E-state index contributed by atoms with van der Waals surface area (Å²) in [6, 6.07) is 6.23. The van der Waals surface area contributed by atoms with Crippen LogP contribution in [-0.4, -0.2) is 46.6 Å². The highest BCUT2D eigenvalue weighted by molar-refractivity contribution is 7.15. The highest BCUT2D eigenvalue weighted by Crippen LogP contribution is 2.36. The van der Waals surface area contributed by atoms with Gasteiger partial charge in [-0.05, 0) is 31.9 Å². The van der Waals surface area contributed by atoms with Crippen LogP contribution in [0.15, 0.2) is 24.4 Å². The third-order valence-electron chi connectivity index (χ3n) is 4.47. The van der Waals surface area contributed by atoms with Crippen molar-refractivity contribution >= 4 is 16.5 Å². The Balaban J connectivity index is 1.43. The van der Waals surface area contributed by atoms with Crippen molar-refractivity contribution in [2.75, 3.05) is 18.1 Å². The van der Waals surface area contributed by atoms with Crippen molar-refractivity contribution in [3.8, 4) is 0 Å². The van der Waals surface area contributed by atoms with Gasteiger partial charge in [0.25, 0.3) is 0 Å². The fourth-order valence-electron chi connectivity index (χ4n) is 3.41. The summed E-state index contributed by atoms with van der Waals surface area (Å²) in [5.74, 6) is 0. The average molecular weight is 332 g/mol. The van der Waals surface area contributed by atoms with Gasteiger partial charge in [0.1, 0.15) is 11.1 Å². The lowest BCUT2D eigenvalue weighted by Gasteiger charge is -2.38. The van der Waals surface area contributed by atoms with Gasteiger partial charge in [0, 0.05) is 12.7 Å². The Hall–Kier alpha value is -1.57. The van der Waals surface area contributed by atoms with Gasteiger partial charge >= 0.3 is 0 Å². The second kappa shape index (κ2) is 6.51. The maximum Gasteiger partial charge on any atom is 0.208 e. The molecule has 2 fully saturated rings. The van der Waals surface area contributed by atoms with E-state index in [-0.39, 0.29) is 12.2 Å². The minimum Gasteiger partial charge on any atom is -0.372 e. The molecule has 0 bridgehead atoms. The summed E-state index contributed by atoms with van der Waals surface area (Å²) in [6.07, 6.45) is 4.11. The van der Waals surface area contributed by atoms with Gasteiger partial charge in [0.05, 0.1) is 31.1 Å². The first kappa shape index (κ1) is 15.0. The highest BCUT2D eigenvalue weighted by Gasteiger charge is 2.44. The third kappa shape index (κ3) is 3.08. The predicted octanol–water partition coefficient (Wildman–Crippen LogP) is 2.19. The van der Waals surface area contributed by atoms with E-state index in [0.29, 0.717) is 19.3 Å². The van der Waals surface area contributed by atoms with Crippen LogP contribution in [-0.2, 0) is 16.1 Å². The molecule has 122 valence electrons. The third-order valence-corrected chi connectivity index (χ3v) is 5.34. The number of nitrogens with zero attached hydrogens (tertiary/aromatic N) is 4. The Morgan fingerprint density at radius 3 is 3.09 bits per heavy atom. The molecular formula is C16H20N4O2S.